The fourth-order valence-electron chi connectivity index (χ4n) is 5.17. The van der Waals surface area contributed by atoms with E-state index in [2.05, 4.69) is 36.1 Å². The Bertz CT molecular complexity index is 1470. The summed E-state index contributed by atoms with van der Waals surface area (Å²) in [5.41, 5.74) is 3.08. The second-order valence-corrected chi connectivity index (χ2v) is 10.2. The number of fused-ring (bicyclic) bond motifs is 1. The van der Waals surface area contributed by atoms with E-state index in [0.717, 1.165) is 30.9 Å². The standard InChI is InChI=1S/C29H35N3O5.CH2O3/c1-20(22-8-10-25-23(18-22)12-15-36-25)32(24-5-4-6-24)19-21-7-9-26(27(17-21)35-3)37-16-14-31-28(33)11-13-30(2)29(31)34;2-1(3)4/h7-11,13,17-18,20,24H,4-6,12,14-16,19H2,1-3H3;(H2,2,3,4)/t20-;/m0./s1. The van der Waals surface area contributed by atoms with Crippen LogP contribution in [0.1, 0.15) is 48.9 Å². The molecule has 1 saturated carbocycles. The van der Waals surface area contributed by atoms with Crippen molar-refractivity contribution in [2.45, 2.75) is 57.8 Å². The van der Waals surface area contributed by atoms with Crippen LogP contribution >= 0.6 is 0 Å². The van der Waals surface area contributed by atoms with Gasteiger partial charge >= 0.3 is 11.8 Å². The summed E-state index contributed by atoms with van der Waals surface area (Å²) >= 11 is 0. The van der Waals surface area contributed by atoms with Crippen LogP contribution in [-0.4, -0.2) is 56.8 Å². The molecule has 2 aliphatic rings. The number of hydrogen-bond donors (Lipinski definition) is 2. The smallest absolute Gasteiger partial charge is 0.493 e. The number of rotatable bonds is 10. The van der Waals surface area contributed by atoms with Gasteiger partial charge in [0.05, 0.1) is 20.3 Å². The van der Waals surface area contributed by atoms with Crippen molar-refractivity contribution in [3.8, 4) is 17.2 Å². The van der Waals surface area contributed by atoms with E-state index in [1.807, 2.05) is 12.1 Å². The molecule has 1 aromatic heterocycles. The second kappa shape index (κ2) is 13.4. The molecular formula is C30H37N3O8. The van der Waals surface area contributed by atoms with Crippen molar-refractivity contribution in [1.82, 2.24) is 14.0 Å². The van der Waals surface area contributed by atoms with Crippen molar-refractivity contribution < 1.29 is 29.2 Å². The minimum atomic E-state index is -1.83. The molecule has 1 aliphatic carbocycles. The summed E-state index contributed by atoms with van der Waals surface area (Å²) in [6.07, 6.45) is 4.32. The summed E-state index contributed by atoms with van der Waals surface area (Å²) in [5, 5.41) is 13.9. The van der Waals surface area contributed by atoms with Gasteiger partial charge < -0.3 is 29.0 Å². The van der Waals surface area contributed by atoms with Gasteiger partial charge in [0.2, 0.25) is 0 Å². The molecule has 5 rings (SSSR count). The van der Waals surface area contributed by atoms with E-state index in [9.17, 15) is 9.59 Å². The summed E-state index contributed by atoms with van der Waals surface area (Å²) < 4.78 is 19.8. The maximum absolute atomic E-state index is 12.2. The van der Waals surface area contributed by atoms with Gasteiger partial charge in [-0.15, -0.1) is 0 Å². The number of hydrogen-bond acceptors (Lipinski definition) is 7. The third-order valence-corrected chi connectivity index (χ3v) is 7.64. The molecule has 1 atom stereocenters. The Kier molecular flexibility index (Phi) is 9.72. The Morgan fingerprint density at radius 2 is 1.88 bits per heavy atom. The van der Waals surface area contributed by atoms with Crippen LogP contribution in [0, 0.1) is 0 Å². The minimum Gasteiger partial charge on any atom is -0.493 e. The zero-order valence-corrected chi connectivity index (χ0v) is 23.6. The predicted octanol–water partition coefficient (Wildman–Crippen LogP) is 3.91. The van der Waals surface area contributed by atoms with Gasteiger partial charge in [-0.25, -0.2) is 9.59 Å². The van der Waals surface area contributed by atoms with Crippen LogP contribution < -0.4 is 25.5 Å². The first-order valence-corrected chi connectivity index (χ1v) is 13.7. The molecule has 2 N–H and O–H groups in total. The molecule has 220 valence electrons. The summed E-state index contributed by atoms with van der Waals surface area (Å²) in [7, 11) is 3.25. The lowest BCUT2D eigenvalue weighted by atomic mass is 9.88. The van der Waals surface area contributed by atoms with Gasteiger partial charge in [-0.05, 0) is 54.7 Å². The number of carbonyl (C=O) groups is 1. The number of aryl methyl sites for hydroxylation is 1. The lowest BCUT2D eigenvalue weighted by Crippen LogP contribution is -2.41. The van der Waals surface area contributed by atoms with E-state index >= 15 is 0 Å². The van der Waals surface area contributed by atoms with E-state index in [-0.39, 0.29) is 30.4 Å². The minimum absolute atomic E-state index is 0.163. The van der Waals surface area contributed by atoms with Crippen molar-refractivity contribution in [2.24, 2.45) is 7.05 Å². The van der Waals surface area contributed by atoms with Crippen LogP contribution in [0.5, 0.6) is 17.2 Å². The fourth-order valence-corrected chi connectivity index (χ4v) is 5.17. The number of nitrogens with zero attached hydrogens (tertiary/aromatic N) is 3. The van der Waals surface area contributed by atoms with Crippen molar-refractivity contribution in [2.75, 3.05) is 20.3 Å². The van der Waals surface area contributed by atoms with Crippen LogP contribution in [0.15, 0.2) is 58.3 Å². The summed E-state index contributed by atoms with van der Waals surface area (Å²) in [4.78, 5) is 35.4. The van der Waals surface area contributed by atoms with Crippen LogP contribution in [0.2, 0.25) is 0 Å². The highest BCUT2D eigenvalue weighted by Crippen LogP contribution is 2.37. The van der Waals surface area contributed by atoms with E-state index < -0.39 is 6.16 Å². The Balaban J connectivity index is 0.000000909. The molecule has 2 aromatic carbocycles. The quantitative estimate of drug-likeness (QED) is 0.374. The number of benzene rings is 2. The second-order valence-electron chi connectivity index (χ2n) is 10.2. The van der Waals surface area contributed by atoms with Crippen molar-refractivity contribution in [1.29, 1.82) is 0 Å². The van der Waals surface area contributed by atoms with Gasteiger partial charge in [0.15, 0.2) is 11.5 Å². The highest BCUT2D eigenvalue weighted by atomic mass is 16.6. The average Bonchev–Trinajstić information content (AvgIpc) is 3.39. The largest absolute Gasteiger partial charge is 0.503 e. The summed E-state index contributed by atoms with van der Waals surface area (Å²) in [5.74, 6) is 2.25. The van der Waals surface area contributed by atoms with Crippen LogP contribution in [0.4, 0.5) is 4.79 Å². The summed E-state index contributed by atoms with van der Waals surface area (Å²) in [6, 6.07) is 14.8. The Labute approximate surface area is 238 Å². The molecule has 2 heterocycles. The maximum Gasteiger partial charge on any atom is 0.503 e. The van der Waals surface area contributed by atoms with Gasteiger partial charge in [0.1, 0.15) is 12.4 Å². The predicted molar refractivity (Wildman–Crippen MR) is 152 cm³/mol. The molecule has 11 nitrogen and oxygen atoms in total. The Hall–Kier alpha value is -4.25. The average molecular weight is 568 g/mol. The number of ether oxygens (including phenoxy) is 3. The molecule has 0 spiro atoms. The van der Waals surface area contributed by atoms with Gasteiger partial charge in [0.25, 0.3) is 5.56 Å². The van der Waals surface area contributed by atoms with Gasteiger partial charge in [-0.3, -0.25) is 14.3 Å². The molecule has 11 heteroatoms. The molecule has 1 fully saturated rings. The molecule has 41 heavy (non-hydrogen) atoms. The molecule has 0 saturated heterocycles. The zero-order chi connectivity index (χ0) is 29.5. The number of carboxylic acid groups (broad SMARTS) is 2. The van der Waals surface area contributed by atoms with Crippen LogP contribution in [0.25, 0.3) is 0 Å². The lowest BCUT2D eigenvalue weighted by molar-refractivity contribution is 0.0783. The third-order valence-electron chi connectivity index (χ3n) is 7.64. The first-order chi connectivity index (χ1) is 19.7. The Morgan fingerprint density at radius 1 is 1.12 bits per heavy atom. The molecule has 1 aliphatic heterocycles. The van der Waals surface area contributed by atoms with E-state index in [1.165, 1.54) is 51.8 Å². The fraction of sp³-hybridized carbons (Fsp3) is 0.433. The van der Waals surface area contributed by atoms with Gasteiger partial charge in [-0.2, -0.15) is 0 Å². The maximum atomic E-state index is 12.2. The first-order valence-electron chi connectivity index (χ1n) is 13.7. The number of aromatic nitrogens is 2. The molecular weight excluding hydrogens is 530 g/mol. The zero-order valence-electron chi connectivity index (χ0n) is 23.6. The van der Waals surface area contributed by atoms with Crippen molar-refractivity contribution >= 4 is 6.16 Å². The molecule has 0 radical (unpaired) electrons. The Morgan fingerprint density at radius 3 is 2.56 bits per heavy atom. The van der Waals surface area contributed by atoms with E-state index in [1.54, 1.807) is 14.2 Å². The van der Waals surface area contributed by atoms with Gasteiger partial charge in [0, 0.05) is 44.4 Å². The topological polar surface area (TPSA) is 132 Å². The molecule has 0 bridgehead atoms. The lowest BCUT2D eigenvalue weighted by Gasteiger charge is -2.42. The number of methoxy groups -OCH3 is 1. The SMILES string of the molecule is COc1cc(CN(C2CCC2)[C@@H](C)c2ccc3c(c2)CCO3)ccc1OCCn1c(=O)ccn(C)c1=O.O=C(O)O. The van der Waals surface area contributed by atoms with Crippen LogP contribution in [0.3, 0.4) is 0 Å². The van der Waals surface area contributed by atoms with Crippen molar-refractivity contribution in [3.05, 3.63) is 86.2 Å². The monoisotopic (exact) mass is 567 g/mol. The summed E-state index contributed by atoms with van der Waals surface area (Å²) in [6.45, 7) is 4.22. The normalized spacial score (nSPS) is 14.7. The van der Waals surface area contributed by atoms with Crippen molar-refractivity contribution in [3.63, 3.8) is 0 Å². The van der Waals surface area contributed by atoms with Crippen LogP contribution in [-0.2, 0) is 26.6 Å². The highest BCUT2D eigenvalue weighted by Gasteiger charge is 2.30. The van der Waals surface area contributed by atoms with Gasteiger partial charge in [-0.1, -0.05) is 24.6 Å². The molecule has 0 amide bonds. The highest BCUT2D eigenvalue weighted by molar-refractivity contribution is 5.53. The first kappa shape index (κ1) is 29.7. The van der Waals surface area contributed by atoms with E-state index in [0.29, 0.717) is 17.5 Å². The third kappa shape index (κ3) is 7.29. The van der Waals surface area contributed by atoms with E-state index in [4.69, 9.17) is 29.2 Å². The molecule has 0 unspecified atom stereocenters. The molecule has 3 aromatic rings.